The SMILES string of the molecule is O=S(=O)(c1cccc(C(F)(F)F)c1)N1CCC(Oc2nccs2)C1. The molecule has 5 nitrogen and oxygen atoms in total. The van der Waals surface area contributed by atoms with Crippen LogP contribution in [0.25, 0.3) is 0 Å². The molecular formula is C14H13F3N2O3S2. The van der Waals surface area contributed by atoms with E-state index in [4.69, 9.17) is 4.74 Å². The fourth-order valence-electron chi connectivity index (χ4n) is 2.41. The number of hydrogen-bond donors (Lipinski definition) is 0. The number of rotatable bonds is 4. The number of hydrogen-bond acceptors (Lipinski definition) is 5. The Kier molecular flexibility index (Phi) is 4.54. The minimum Gasteiger partial charge on any atom is -0.465 e. The monoisotopic (exact) mass is 378 g/mol. The van der Waals surface area contributed by atoms with Gasteiger partial charge < -0.3 is 4.74 Å². The lowest BCUT2D eigenvalue weighted by Gasteiger charge is -2.17. The van der Waals surface area contributed by atoms with E-state index in [2.05, 4.69) is 4.98 Å². The molecule has 0 spiro atoms. The molecule has 1 atom stereocenters. The van der Waals surface area contributed by atoms with Crippen molar-refractivity contribution in [3.05, 3.63) is 41.4 Å². The second kappa shape index (κ2) is 6.34. The van der Waals surface area contributed by atoms with E-state index in [9.17, 15) is 21.6 Å². The molecule has 0 saturated carbocycles. The zero-order valence-electron chi connectivity index (χ0n) is 12.2. The molecule has 10 heteroatoms. The highest BCUT2D eigenvalue weighted by molar-refractivity contribution is 7.89. The number of sulfonamides is 1. The number of halogens is 3. The molecule has 2 heterocycles. The van der Waals surface area contributed by atoms with Crippen LogP contribution in [0.1, 0.15) is 12.0 Å². The van der Waals surface area contributed by atoms with Crippen molar-refractivity contribution in [3.8, 4) is 5.19 Å². The molecule has 0 radical (unpaired) electrons. The Morgan fingerprint density at radius 1 is 1.33 bits per heavy atom. The van der Waals surface area contributed by atoms with Gasteiger partial charge in [0.1, 0.15) is 6.10 Å². The first-order valence-electron chi connectivity index (χ1n) is 7.00. The third-order valence-corrected chi connectivity index (χ3v) is 6.11. The molecule has 0 bridgehead atoms. The summed E-state index contributed by atoms with van der Waals surface area (Å²) in [6, 6.07) is 3.76. The summed E-state index contributed by atoms with van der Waals surface area (Å²) in [5.74, 6) is 0. The molecule has 0 amide bonds. The molecule has 0 aliphatic carbocycles. The van der Waals surface area contributed by atoms with Gasteiger partial charge in [0.05, 0.1) is 17.0 Å². The van der Waals surface area contributed by atoms with E-state index >= 15 is 0 Å². The number of alkyl halides is 3. The van der Waals surface area contributed by atoms with Gasteiger partial charge in [-0.15, -0.1) is 0 Å². The molecular weight excluding hydrogens is 365 g/mol. The first kappa shape index (κ1) is 17.2. The number of benzene rings is 1. The van der Waals surface area contributed by atoms with Gasteiger partial charge in [0.25, 0.3) is 5.19 Å². The van der Waals surface area contributed by atoms with Crippen molar-refractivity contribution in [2.45, 2.75) is 23.6 Å². The fourth-order valence-corrected chi connectivity index (χ4v) is 4.49. The van der Waals surface area contributed by atoms with E-state index in [0.29, 0.717) is 17.7 Å². The largest absolute Gasteiger partial charge is 0.465 e. The van der Waals surface area contributed by atoms with Crippen LogP contribution >= 0.6 is 11.3 Å². The number of aromatic nitrogens is 1. The first-order valence-corrected chi connectivity index (χ1v) is 9.32. The molecule has 2 aromatic rings. The van der Waals surface area contributed by atoms with Crippen LogP contribution in [0.2, 0.25) is 0 Å². The van der Waals surface area contributed by atoms with Crippen LogP contribution in [0.5, 0.6) is 5.19 Å². The normalized spacial score (nSPS) is 19.5. The van der Waals surface area contributed by atoms with E-state index in [-0.39, 0.29) is 24.1 Å². The molecule has 1 aromatic carbocycles. The number of thiazole rings is 1. The summed E-state index contributed by atoms with van der Waals surface area (Å²) < 4.78 is 70.1. The summed E-state index contributed by atoms with van der Waals surface area (Å²) in [4.78, 5) is 3.60. The van der Waals surface area contributed by atoms with Gasteiger partial charge in [0, 0.05) is 18.1 Å². The zero-order valence-corrected chi connectivity index (χ0v) is 13.9. The van der Waals surface area contributed by atoms with Gasteiger partial charge in [-0.2, -0.15) is 17.5 Å². The predicted octanol–water partition coefficient (Wildman–Crippen LogP) is 3.00. The van der Waals surface area contributed by atoms with Crippen molar-refractivity contribution in [2.75, 3.05) is 13.1 Å². The maximum atomic E-state index is 12.8. The van der Waals surface area contributed by atoms with Crippen molar-refractivity contribution in [3.63, 3.8) is 0 Å². The second-order valence-electron chi connectivity index (χ2n) is 5.22. The Labute approximate surface area is 140 Å². The summed E-state index contributed by atoms with van der Waals surface area (Å²) >= 11 is 1.29. The highest BCUT2D eigenvalue weighted by Gasteiger charge is 2.36. The van der Waals surface area contributed by atoms with Gasteiger partial charge in [-0.05, 0) is 24.6 Å². The predicted molar refractivity (Wildman–Crippen MR) is 81.3 cm³/mol. The van der Waals surface area contributed by atoms with Crippen molar-refractivity contribution in [1.82, 2.24) is 9.29 Å². The molecule has 1 unspecified atom stereocenters. The highest BCUT2D eigenvalue weighted by atomic mass is 32.2. The Morgan fingerprint density at radius 3 is 2.79 bits per heavy atom. The van der Waals surface area contributed by atoms with Crippen molar-refractivity contribution < 1.29 is 26.3 Å². The van der Waals surface area contributed by atoms with Gasteiger partial charge in [-0.1, -0.05) is 17.4 Å². The minimum atomic E-state index is -4.59. The van der Waals surface area contributed by atoms with Crippen LogP contribution in [-0.2, 0) is 16.2 Å². The highest BCUT2D eigenvalue weighted by Crippen LogP contribution is 2.32. The van der Waals surface area contributed by atoms with Crippen molar-refractivity contribution >= 4 is 21.4 Å². The first-order chi connectivity index (χ1) is 11.3. The lowest BCUT2D eigenvalue weighted by Crippen LogP contribution is -2.31. The molecule has 1 saturated heterocycles. The van der Waals surface area contributed by atoms with E-state index < -0.39 is 21.8 Å². The van der Waals surface area contributed by atoms with E-state index in [1.54, 1.807) is 11.6 Å². The molecule has 1 aliphatic heterocycles. The van der Waals surface area contributed by atoms with Crippen LogP contribution < -0.4 is 4.74 Å². The summed E-state index contributed by atoms with van der Waals surface area (Å²) in [5, 5.41) is 2.18. The maximum Gasteiger partial charge on any atom is 0.416 e. The van der Waals surface area contributed by atoms with Crippen LogP contribution in [0, 0.1) is 0 Å². The molecule has 3 rings (SSSR count). The van der Waals surface area contributed by atoms with E-state index in [1.165, 1.54) is 17.4 Å². The smallest absolute Gasteiger partial charge is 0.416 e. The fraction of sp³-hybridized carbons (Fsp3) is 0.357. The Balaban J connectivity index is 1.77. The molecule has 0 N–H and O–H groups in total. The van der Waals surface area contributed by atoms with Crippen molar-refractivity contribution in [2.24, 2.45) is 0 Å². The lowest BCUT2D eigenvalue weighted by atomic mass is 10.2. The average molecular weight is 378 g/mol. The van der Waals surface area contributed by atoms with Gasteiger partial charge in [-0.25, -0.2) is 13.4 Å². The Hall–Kier alpha value is -1.65. The second-order valence-corrected chi connectivity index (χ2v) is 8.01. The topological polar surface area (TPSA) is 59.5 Å². The number of ether oxygens (including phenoxy) is 1. The zero-order chi connectivity index (χ0) is 17.4. The van der Waals surface area contributed by atoms with Gasteiger partial charge >= 0.3 is 6.18 Å². The molecule has 1 fully saturated rings. The summed E-state index contributed by atoms with van der Waals surface area (Å²) in [6.07, 6.45) is -2.92. The van der Waals surface area contributed by atoms with Crippen LogP contribution in [-0.4, -0.2) is 36.9 Å². The van der Waals surface area contributed by atoms with Crippen molar-refractivity contribution in [1.29, 1.82) is 0 Å². The van der Waals surface area contributed by atoms with E-state index in [1.807, 2.05) is 0 Å². The molecule has 24 heavy (non-hydrogen) atoms. The van der Waals surface area contributed by atoms with Crippen LogP contribution in [0.15, 0.2) is 40.7 Å². The average Bonchev–Trinajstić information content (AvgIpc) is 3.19. The maximum absolute atomic E-state index is 12.8. The molecule has 1 aliphatic rings. The third-order valence-electron chi connectivity index (χ3n) is 3.58. The third kappa shape index (κ3) is 3.55. The summed E-state index contributed by atoms with van der Waals surface area (Å²) in [6.45, 7) is 0.271. The van der Waals surface area contributed by atoms with Crippen LogP contribution in [0.4, 0.5) is 13.2 Å². The minimum absolute atomic E-state index is 0.0815. The Bertz CT molecular complexity index is 807. The Morgan fingerprint density at radius 2 is 2.12 bits per heavy atom. The standard InChI is InChI=1S/C14H13F3N2O3S2/c15-14(16,17)10-2-1-3-12(8-10)24(20,21)19-6-4-11(9-19)22-13-18-5-7-23-13/h1-3,5,7-8,11H,4,6,9H2. The summed E-state index contributed by atoms with van der Waals surface area (Å²) in [5.41, 5.74) is -0.988. The van der Waals surface area contributed by atoms with Gasteiger partial charge in [0.15, 0.2) is 0 Å². The van der Waals surface area contributed by atoms with Crippen LogP contribution in [0.3, 0.4) is 0 Å². The lowest BCUT2D eigenvalue weighted by molar-refractivity contribution is -0.137. The molecule has 1 aromatic heterocycles. The quantitative estimate of drug-likeness (QED) is 0.821. The van der Waals surface area contributed by atoms with Gasteiger partial charge in [-0.3, -0.25) is 0 Å². The van der Waals surface area contributed by atoms with Gasteiger partial charge in [0.2, 0.25) is 10.0 Å². The van der Waals surface area contributed by atoms with E-state index in [0.717, 1.165) is 16.4 Å². The molecule has 130 valence electrons. The number of nitrogens with zero attached hydrogens (tertiary/aromatic N) is 2. The summed E-state index contributed by atoms with van der Waals surface area (Å²) in [7, 11) is -4.00.